The number of amides is 1. The molecule has 0 saturated carbocycles. The van der Waals surface area contributed by atoms with Crippen LogP contribution in [0.15, 0.2) is 29.3 Å². The lowest BCUT2D eigenvalue weighted by atomic mass is 10.2. The molecule has 1 aromatic carbocycles. The van der Waals surface area contributed by atoms with E-state index >= 15 is 0 Å². The van der Waals surface area contributed by atoms with Crippen molar-refractivity contribution in [1.29, 1.82) is 0 Å². The maximum atomic E-state index is 12.9. The van der Waals surface area contributed by atoms with Gasteiger partial charge in [-0.25, -0.2) is 9.38 Å². The second-order valence-electron chi connectivity index (χ2n) is 4.85. The van der Waals surface area contributed by atoms with E-state index in [1.807, 2.05) is 6.26 Å². The number of rotatable bonds is 7. The number of carbonyl (C=O) groups is 1. The van der Waals surface area contributed by atoms with E-state index in [1.54, 1.807) is 38.0 Å². The monoisotopic (exact) mass is 326 g/mol. The number of thioether (sulfide) groups is 1. The van der Waals surface area contributed by atoms with Crippen molar-refractivity contribution in [1.82, 2.24) is 15.5 Å². The Labute approximate surface area is 135 Å². The first kappa shape index (κ1) is 18.3. The van der Waals surface area contributed by atoms with Gasteiger partial charge in [-0.15, -0.1) is 0 Å². The maximum Gasteiger partial charge on any atom is 0.241 e. The average Bonchev–Trinajstić information content (AvgIpc) is 2.50. The lowest BCUT2D eigenvalue weighted by molar-refractivity contribution is -0.127. The molecular formula is C15H23FN4OS. The molecule has 0 saturated heterocycles. The fraction of sp³-hybridized carbons (Fsp3) is 0.467. The fourth-order valence-corrected chi connectivity index (χ4v) is 1.83. The molecule has 0 bridgehead atoms. The first-order chi connectivity index (χ1) is 10.5. The molecule has 0 fully saturated rings. The van der Waals surface area contributed by atoms with Crippen molar-refractivity contribution in [2.45, 2.75) is 6.54 Å². The highest BCUT2D eigenvalue weighted by Gasteiger charge is 2.05. The summed E-state index contributed by atoms with van der Waals surface area (Å²) >= 11 is 1.73. The summed E-state index contributed by atoms with van der Waals surface area (Å²) in [5, 5.41) is 6.18. The summed E-state index contributed by atoms with van der Waals surface area (Å²) in [6.07, 6.45) is 2.03. The van der Waals surface area contributed by atoms with E-state index in [-0.39, 0.29) is 18.3 Å². The van der Waals surface area contributed by atoms with E-state index in [0.717, 1.165) is 17.9 Å². The summed E-state index contributed by atoms with van der Waals surface area (Å²) in [5.74, 6) is 1.23. The first-order valence-electron chi connectivity index (χ1n) is 6.98. The van der Waals surface area contributed by atoms with Crippen LogP contribution in [0.4, 0.5) is 4.39 Å². The Kier molecular flexibility index (Phi) is 8.35. The Morgan fingerprint density at radius 3 is 2.55 bits per heavy atom. The number of hydrogen-bond acceptors (Lipinski definition) is 3. The molecule has 5 nitrogen and oxygen atoms in total. The molecule has 122 valence electrons. The molecule has 0 aliphatic heterocycles. The van der Waals surface area contributed by atoms with E-state index in [4.69, 9.17) is 0 Å². The standard InChI is InChI=1S/C15H23FN4OS/c1-20(2)14(21)11-19-15(17-8-9-22-3)18-10-12-4-6-13(16)7-5-12/h4-7H,8-11H2,1-3H3,(H2,17,18,19). The molecule has 1 amide bonds. The molecule has 0 unspecified atom stereocenters. The van der Waals surface area contributed by atoms with Crippen LogP contribution in [-0.4, -0.2) is 56.0 Å². The van der Waals surface area contributed by atoms with Crippen LogP contribution in [0.5, 0.6) is 0 Å². The molecule has 0 aromatic heterocycles. The number of nitrogens with zero attached hydrogens (tertiary/aromatic N) is 2. The number of halogens is 1. The van der Waals surface area contributed by atoms with Crippen LogP contribution >= 0.6 is 11.8 Å². The van der Waals surface area contributed by atoms with Crippen LogP contribution in [0, 0.1) is 5.82 Å². The van der Waals surface area contributed by atoms with E-state index < -0.39 is 0 Å². The molecule has 0 radical (unpaired) electrons. The summed E-state index contributed by atoms with van der Waals surface area (Å²) in [6, 6.07) is 6.22. The number of aliphatic imine (C=N–C) groups is 1. The topological polar surface area (TPSA) is 56.7 Å². The third kappa shape index (κ3) is 7.31. The maximum absolute atomic E-state index is 12.9. The second-order valence-corrected chi connectivity index (χ2v) is 5.84. The van der Waals surface area contributed by atoms with Gasteiger partial charge >= 0.3 is 0 Å². The Morgan fingerprint density at radius 1 is 1.27 bits per heavy atom. The van der Waals surface area contributed by atoms with Gasteiger partial charge in [-0.05, 0) is 24.0 Å². The Balaban J connectivity index is 2.60. The van der Waals surface area contributed by atoms with Gasteiger partial charge < -0.3 is 15.5 Å². The molecule has 7 heteroatoms. The zero-order valence-electron chi connectivity index (χ0n) is 13.2. The van der Waals surface area contributed by atoms with Crippen LogP contribution in [-0.2, 0) is 11.3 Å². The smallest absolute Gasteiger partial charge is 0.241 e. The number of hydrogen-bond donors (Lipinski definition) is 2. The zero-order valence-corrected chi connectivity index (χ0v) is 14.0. The quantitative estimate of drug-likeness (QED) is 0.451. The largest absolute Gasteiger partial charge is 0.356 e. The number of benzene rings is 1. The minimum Gasteiger partial charge on any atom is -0.356 e. The second kappa shape index (κ2) is 10.0. The summed E-state index contributed by atoms with van der Waals surface area (Å²) in [5.41, 5.74) is 0.909. The van der Waals surface area contributed by atoms with Crippen LogP contribution < -0.4 is 10.6 Å². The van der Waals surface area contributed by atoms with Gasteiger partial charge in [0.15, 0.2) is 5.96 Å². The molecule has 0 aliphatic rings. The molecule has 1 aromatic rings. The molecule has 1 rings (SSSR count). The highest BCUT2D eigenvalue weighted by molar-refractivity contribution is 7.98. The van der Waals surface area contributed by atoms with Crippen LogP contribution in [0.1, 0.15) is 5.56 Å². The Bertz CT molecular complexity index is 491. The number of carbonyl (C=O) groups excluding carboxylic acids is 1. The van der Waals surface area contributed by atoms with Gasteiger partial charge in [0.1, 0.15) is 5.82 Å². The van der Waals surface area contributed by atoms with Gasteiger partial charge in [-0.2, -0.15) is 11.8 Å². The van der Waals surface area contributed by atoms with Gasteiger partial charge in [0.2, 0.25) is 5.91 Å². The molecule has 0 atom stereocenters. The van der Waals surface area contributed by atoms with E-state index in [0.29, 0.717) is 12.5 Å². The van der Waals surface area contributed by atoms with Crippen molar-refractivity contribution in [2.75, 3.05) is 39.2 Å². The summed E-state index contributed by atoms with van der Waals surface area (Å²) in [6.45, 7) is 1.36. The van der Waals surface area contributed by atoms with Gasteiger partial charge in [0, 0.05) is 26.4 Å². The zero-order chi connectivity index (χ0) is 16.4. The van der Waals surface area contributed by atoms with Gasteiger partial charge in [0.05, 0.1) is 13.1 Å². The SMILES string of the molecule is CSCCNC(=NCc1ccc(F)cc1)NCC(=O)N(C)C. The van der Waals surface area contributed by atoms with Crippen molar-refractivity contribution in [3.63, 3.8) is 0 Å². The molecule has 0 aliphatic carbocycles. The molecule has 2 N–H and O–H groups in total. The molecule has 0 spiro atoms. The number of likely N-dealkylation sites (N-methyl/N-ethyl adjacent to an activating group) is 1. The van der Waals surface area contributed by atoms with Crippen molar-refractivity contribution < 1.29 is 9.18 Å². The van der Waals surface area contributed by atoms with E-state index in [1.165, 1.54) is 17.0 Å². The third-order valence-electron chi connectivity index (χ3n) is 2.84. The molecule has 22 heavy (non-hydrogen) atoms. The Morgan fingerprint density at radius 2 is 1.95 bits per heavy atom. The first-order valence-corrected chi connectivity index (χ1v) is 8.38. The van der Waals surface area contributed by atoms with Crippen LogP contribution in [0.3, 0.4) is 0 Å². The van der Waals surface area contributed by atoms with E-state index in [2.05, 4.69) is 15.6 Å². The fourth-order valence-electron chi connectivity index (χ4n) is 1.52. The highest BCUT2D eigenvalue weighted by Crippen LogP contribution is 2.03. The summed E-state index contributed by atoms with van der Waals surface area (Å²) in [7, 11) is 3.42. The van der Waals surface area contributed by atoms with Crippen molar-refractivity contribution >= 4 is 23.6 Å². The van der Waals surface area contributed by atoms with Crippen molar-refractivity contribution in [3.8, 4) is 0 Å². The van der Waals surface area contributed by atoms with Crippen molar-refractivity contribution in [3.05, 3.63) is 35.6 Å². The number of guanidine groups is 1. The highest BCUT2D eigenvalue weighted by atomic mass is 32.2. The minimum atomic E-state index is -0.263. The van der Waals surface area contributed by atoms with E-state index in [9.17, 15) is 9.18 Å². The Hall–Kier alpha value is -1.76. The lowest BCUT2D eigenvalue weighted by Gasteiger charge is -2.14. The normalized spacial score (nSPS) is 11.2. The summed E-state index contributed by atoms with van der Waals surface area (Å²) < 4.78 is 12.9. The summed E-state index contributed by atoms with van der Waals surface area (Å²) in [4.78, 5) is 17.6. The molecular weight excluding hydrogens is 303 g/mol. The lowest BCUT2D eigenvalue weighted by Crippen LogP contribution is -2.43. The third-order valence-corrected chi connectivity index (χ3v) is 3.45. The van der Waals surface area contributed by atoms with Crippen molar-refractivity contribution in [2.24, 2.45) is 4.99 Å². The molecule has 0 heterocycles. The van der Waals surface area contributed by atoms with Gasteiger partial charge in [-0.3, -0.25) is 4.79 Å². The van der Waals surface area contributed by atoms with Gasteiger partial charge in [-0.1, -0.05) is 12.1 Å². The minimum absolute atomic E-state index is 0.0267. The average molecular weight is 326 g/mol. The van der Waals surface area contributed by atoms with Gasteiger partial charge in [0.25, 0.3) is 0 Å². The predicted molar refractivity (Wildman–Crippen MR) is 90.6 cm³/mol. The predicted octanol–water partition coefficient (Wildman–Crippen LogP) is 1.31. The van der Waals surface area contributed by atoms with Crippen LogP contribution in [0.25, 0.3) is 0 Å². The van der Waals surface area contributed by atoms with Crippen LogP contribution in [0.2, 0.25) is 0 Å². The number of nitrogens with one attached hydrogen (secondary N) is 2.